The first kappa shape index (κ1) is 30.9. The van der Waals surface area contributed by atoms with Gasteiger partial charge >= 0.3 is 0 Å². The fraction of sp³-hybridized carbons (Fsp3) is 0. The maximum absolute atomic E-state index is 5.32. The Morgan fingerprint density at radius 3 is 1.57 bits per heavy atom. The third-order valence-corrected chi connectivity index (χ3v) is 11.7. The number of para-hydroxylation sites is 4. The van der Waals surface area contributed by atoms with Crippen LogP contribution in [-0.4, -0.2) is 14.1 Å². The monoisotopic (exact) mass is 711 g/mol. The van der Waals surface area contributed by atoms with E-state index in [4.69, 9.17) is 4.98 Å². The van der Waals surface area contributed by atoms with Gasteiger partial charge in [-0.25, -0.2) is 4.98 Å². The average Bonchev–Trinajstić information content (AvgIpc) is 3.78. The van der Waals surface area contributed by atoms with E-state index < -0.39 is 0 Å². The molecule has 0 atom stereocenters. The molecule has 0 saturated heterocycles. The first-order valence-electron chi connectivity index (χ1n) is 19.2. The number of fused-ring (bicyclic) bond motifs is 11. The summed E-state index contributed by atoms with van der Waals surface area (Å²) in [6, 6.07) is 72.6. The second-order valence-electron chi connectivity index (χ2n) is 14.7. The van der Waals surface area contributed by atoms with Crippen molar-refractivity contribution in [2.45, 2.75) is 0 Å². The predicted molar refractivity (Wildman–Crippen MR) is 236 cm³/mol. The molecule has 56 heavy (non-hydrogen) atoms. The zero-order valence-corrected chi connectivity index (χ0v) is 30.4. The molecule has 0 aliphatic carbocycles. The van der Waals surface area contributed by atoms with E-state index in [2.05, 4.69) is 209 Å². The molecular formula is C53H33N3. The zero-order valence-electron chi connectivity index (χ0n) is 30.4. The highest BCUT2D eigenvalue weighted by Gasteiger charge is 2.18. The Hall–Kier alpha value is -7.49. The molecule has 3 heterocycles. The van der Waals surface area contributed by atoms with Gasteiger partial charge in [-0.15, -0.1) is 0 Å². The van der Waals surface area contributed by atoms with Crippen LogP contribution in [-0.2, 0) is 0 Å². The highest BCUT2D eigenvalue weighted by Crippen LogP contribution is 2.40. The van der Waals surface area contributed by atoms with Crippen LogP contribution in [0, 0.1) is 0 Å². The molecular weight excluding hydrogens is 679 g/mol. The molecule has 0 bridgehead atoms. The van der Waals surface area contributed by atoms with Crippen LogP contribution >= 0.6 is 0 Å². The Morgan fingerprint density at radius 2 is 0.857 bits per heavy atom. The normalized spacial score (nSPS) is 11.9. The fourth-order valence-corrected chi connectivity index (χ4v) is 9.17. The van der Waals surface area contributed by atoms with Gasteiger partial charge in [0.25, 0.3) is 0 Å². The standard InChI is InChI=1S/C53H33N3/c1-2-15-38(16-3-1)55-48-23-10-7-19-41(48)45-32-35(26-29-50(45)55)36-27-30-51-46(33-36)42-20-8-11-24-49(42)56(51)39-17-12-14-37(31-39)53-44-28-25-34-13-4-5-18-40(34)52(44)43-21-6-9-22-47(43)54-53/h1-33H. The van der Waals surface area contributed by atoms with Crippen molar-refractivity contribution in [2.75, 3.05) is 0 Å². The lowest BCUT2D eigenvalue weighted by molar-refractivity contribution is 1.18. The van der Waals surface area contributed by atoms with Gasteiger partial charge in [-0.1, -0.05) is 133 Å². The summed E-state index contributed by atoms with van der Waals surface area (Å²) in [5, 5.41) is 11.1. The van der Waals surface area contributed by atoms with Gasteiger partial charge < -0.3 is 9.13 Å². The van der Waals surface area contributed by atoms with Gasteiger partial charge in [0.05, 0.1) is 33.3 Å². The van der Waals surface area contributed by atoms with Crippen molar-refractivity contribution in [3.8, 4) is 33.8 Å². The molecule has 0 unspecified atom stereocenters. The highest BCUT2D eigenvalue weighted by molar-refractivity contribution is 6.22. The first-order valence-corrected chi connectivity index (χ1v) is 19.2. The van der Waals surface area contributed by atoms with Crippen LogP contribution in [0.5, 0.6) is 0 Å². The van der Waals surface area contributed by atoms with Crippen LogP contribution in [0.1, 0.15) is 0 Å². The van der Waals surface area contributed by atoms with E-state index in [9.17, 15) is 0 Å². The first-order chi connectivity index (χ1) is 27.8. The van der Waals surface area contributed by atoms with Crippen molar-refractivity contribution in [3.63, 3.8) is 0 Å². The van der Waals surface area contributed by atoms with Crippen molar-refractivity contribution in [2.24, 2.45) is 0 Å². The summed E-state index contributed by atoms with van der Waals surface area (Å²) in [7, 11) is 0. The molecule has 260 valence electrons. The number of hydrogen-bond acceptors (Lipinski definition) is 1. The Kier molecular flexibility index (Phi) is 6.63. The Labute approximate surface area is 322 Å². The van der Waals surface area contributed by atoms with Crippen molar-refractivity contribution in [3.05, 3.63) is 200 Å². The summed E-state index contributed by atoms with van der Waals surface area (Å²) in [6.45, 7) is 0. The van der Waals surface area contributed by atoms with Crippen molar-refractivity contribution in [1.29, 1.82) is 0 Å². The lowest BCUT2D eigenvalue weighted by atomic mass is 9.95. The largest absolute Gasteiger partial charge is 0.309 e. The second-order valence-corrected chi connectivity index (χ2v) is 14.7. The number of benzene rings is 9. The SMILES string of the molecule is c1ccc(-n2c3ccccc3c3cc(-c4ccc5c(c4)c4ccccc4n5-c4cccc(-c5nc6ccccc6c6c5ccc5ccccc56)c4)ccc32)cc1. The molecule has 0 radical (unpaired) electrons. The zero-order chi connectivity index (χ0) is 36.7. The van der Waals surface area contributed by atoms with E-state index in [1.165, 1.54) is 82.0 Å². The topological polar surface area (TPSA) is 22.8 Å². The van der Waals surface area contributed by atoms with E-state index in [1.54, 1.807) is 0 Å². The average molecular weight is 712 g/mol. The van der Waals surface area contributed by atoms with Gasteiger partial charge in [0.2, 0.25) is 0 Å². The molecule has 3 heteroatoms. The molecule has 0 aliphatic rings. The third kappa shape index (κ3) is 4.55. The summed E-state index contributed by atoms with van der Waals surface area (Å²) in [5.74, 6) is 0. The number of aromatic nitrogens is 3. The molecule has 12 rings (SSSR count). The predicted octanol–water partition coefficient (Wildman–Crippen LogP) is 14.1. The van der Waals surface area contributed by atoms with Crippen LogP contribution in [0.3, 0.4) is 0 Å². The molecule has 3 aromatic heterocycles. The van der Waals surface area contributed by atoms with E-state index >= 15 is 0 Å². The number of hydrogen-bond donors (Lipinski definition) is 0. The molecule has 12 aromatic rings. The molecule has 0 amide bonds. The van der Waals surface area contributed by atoms with E-state index in [0.717, 1.165) is 27.8 Å². The van der Waals surface area contributed by atoms with Gasteiger partial charge in [0.15, 0.2) is 0 Å². The quantitative estimate of drug-likeness (QED) is 0.167. The number of pyridine rings is 1. The van der Waals surface area contributed by atoms with Gasteiger partial charge in [-0.3, -0.25) is 0 Å². The fourth-order valence-electron chi connectivity index (χ4n) is 9.17. The summed E-state index contributed by atoms with van der Waals surface area (Å²) < 4.78 is 4.78. The van der Waals surface area contributed by atoms with Crippen LogP contribution in [0.2, 0.25) is 0 Å². The second kappa shape index (κ2) is 12.0. The molecule has 0 fully saturated rings. The lowest BCUT2D eigenvalue weighted by Crippen LogP contribution is -1.96. The maximum atomic E-state index is 5.32. The van der Waals surface area contributed by atoms with Crippen LogP contribution in [0.15, 0.2) is 200 Å². The third-order valence-electron chi connectivity index (χ3n) is 11.7. The van der Waals surface area contributed by atoms with Gasteiger partial charge in [0, 0.05) is 54.6 Å². The molecule has 9 aromatic carbocycles. The van der Waals surface area contributed by atoms with Gasteiger partial charge in [-0.05, 0) is 88.6 Å². The van der Waals surface area contributed by atoms with Crippen LogP contribution in [0.4, 0.5) is 0 Å². The van der Waals surface area contributed by atoms with Crippen molar-refractivity contribution in [1.82, 2.24) is 14.1 Å². The summed E-state index contributed by atoms with van der Waals surface area (Å²) in [6.07, 6.45) is 0. The minimum Gasteiger partial charge on any atom is -0.309 e. The van der Waals surface area contributed by atoms with Crippen LogP contribution < -0.4 is 0 Å². The van der Waals surface area contributed by atoms with E-state index in [0.29, 0.717) is 0 Å². The Balaban J connectivity index is 1.03. The lowest BCUT2D eigenvalue weighted by Gasteiger charge is -2.14. The Morgan fingerprint density at radius 1 is 0.304 bits per heavy atom. The maximum Gasteiger partial charge on any atom is 0.0789 e. The minimum absolute atomic E-state index is 0.998. The summed E-state index contributed by atoms with van der Waals surface area (Å²) >= 11 is 0. The minimum atomic E-state index is 0.998. The summed E-state index contributed by atoms with van der Waals surface area (Å²) in [5.41, 5.74) is 12.6. The number of rotatable bonds is 4. The molecule has 3 nitrogen and oxygen atoms in total. The molecule has 0 saturated carbocycles. The van der Waals surface area contributed by atoms with Crippen LogP contribution in [0.25, 0.3) is 110 Å². The van der Waals surface area contributed by atoms with Crippen molar-refractivity contribution < 1.29 is 0 Å². The van der Waals surface area contributed by atoms with Gasteiger partial charge in [0.1, 0.15) is 0 Å². The van der Waals surface area contributed by atoms with Crippen molar-refractivity contribution >= 4 is 76.1 Å². The van der Waals surface area contributed by atoms with Gasteiger partial charge in [-0.2, -0.15) is 0 Å². The Bertz CT molecular complexity index is 3520. The highest BCUT2D eigenvalue weighted by atomic mass is 15.0. The van der Waals surface area contributed by atoms with E-state index in [1.807, 2.05) is 0 Å². The molecule has 0 N–H and O–H groups in total. The summed E-state index contributed by atoms with van der Waals surface area (Å²) in [4.78, 5) is 5.32. The van der Waals surface area contributed by atoms with E-state index in [-0.39, 0.29) is 0 Å². The molecule has 0 spiro atoms. The smallest absolute Gasteiger partial charge is 0.0789 e. The number of nitrogens with zero attached hydrogens (tertiary/aromatic N) is 3. The molecule has 0 aliphatic heterocycles.